The Morgan fingerprint density at radius 3 is 2.32 bits per heavy atom. The number of unbranched alkanes of at least 4 members (excludes halogenated alkanes) is 2. The number of ether oxygens (including phenoxy) is 1. The minimum absolute atomic E-state index is 0.623. The molecule has 3 nitrogen and oxygen atoms in total. The zero-order chi connectivity index (χ0) is 22.5. The van der Waals surface area contributed by atoms with Gasteiger partial charge in [0, 0.05) is 6.54 Å². The molecule has 0 saturated heterocycles. The van der Waals surface area contributed by atoms with Gasteiger partial charge in [-0.25, -0.2) is 0 Å². The van der Waals surface area contributed by atoms with Gasteiger partial charge in [0.05, 0.1) is 6.61 Å². The topological polar surface area (TPSA) is 32.7 Å². The molecule has 0 spiro atoms. The fourth-order valence-corrected chi connectivity index (χ4v) is 4.82. The Morgan fingerprint density at radius 1 is 1.03 bits per heavy atom. The molecule has 1 aromatic rings. The van der Waals surface area contributed by atoms with Crippen LogP contribution < -0.4 is 0 Å². The van der Waals surface area contributed by atoms with Crippen LogP contribution in [0.2, 0.25) is 0 Å². The summed E-state index contributed by atoms with van der Waals surface area (Å²) in [5.74, 6) is 1.55. The van der Waals surface area contributed by atoms with Gasteiger partial charge in [-0.1, -0.05) is 64.5 Å². The molecule has 1 N–H and O–H groups in total. The number of rotatable bonds is 15. The largest absolute Gasteiger partial charge is 0.364 e. The van der Waals surface area contributed by atoms with Gasteiger partial charge in [-0.15, -0.1) is 0 Å². The minimum Gasteiger partial charge on any atom is -0.364 e. The van der Waals surface area contributed by atoms with E-state index in [1.54, 1.807) is 0 Å². The predicted molar refractivity (Wildman–Crippen MR) is 132 cm³/mol. The maximum absolute atomic E-state index is 10.2. The lowest BCUT2D eigenvalue weighted by Crippen LogP contribution is -2.30. The first-order chi connectivity index (χ1) is 15.1. The van der Waals surface area contributed by atoms with Gasteiger partial charge in [-0.05, 0) is 93.0 Å². The summed E-state index contributed by atoms with van der Waals surface area (Å²) >= 11 is 0. The summed E-state index contributed by atoms with van der Waals surface area (Å²) in [6, 6.07) is 9.47. The highest BCUT2D eigenvalue weighted by atomic mass is 16.6. The molecule has 0 radical (unpaired) electrons. The molecule has 0 bridgehead atoms. The maximum Gasteiger partial charge on any atom is 0.178 e. The Kier molecular flexibility index (Phi) is 12.5. The number of benzene rings is 1. The number of nitrogens with zero attached hydrogens (tertiary/aromatic N) is 1. The lowest BCUT2D eigenvalue weighted by atomic mass is 9.77. The van der Waals surface area contributed by atoms with E-state index in [0.717, 1.165) is 36.9 Å². The van der Waals surface area contributed by atoms with E-state index in [4.69, 9.17) is 4.74 Å². The number of aliphatic hydroxyl groups is 1. The van der Waals surface area contributed by atoms with Gasteiger partial charge in [0.15, 0.2) is 6.29 Å². The van der Waals surface area contributed by atoms with Gasteiger partial charge >= 0.3 is 0 Å². The lowest BCUT2D eigenvalue weighted by Gasteiger charge is -2.29. The SMILES string of the molecule is C=C(CN(CC)CC)[C@H](O)OCCCC1CCC(c2ccc(CCCCC)cc2)CC1. The Bertz CT molecular complexity index is 600. The molecule has 0 heterocycles. The van der Waals surface area contributed by atoms with Crippen molar-refractivity contribution in [3.05, 3.63) is 47.5 Å². The summed E-state index contributed by atoms with van der Waals surface area (Å²) in [5.41, 5.74) is 3.80. The summed E-state index contributed by atoms with van der Waals surface area (Å²) in [4.78, 5) is 2.24. The molecule has 1 fully saturated rings. The number of hydrogen-bond acceptors (Lipinski definition) is 3. The van der Waals surface area contributed by atoms with Crippen LogP contribution in [0.15, 0.2) is 36.4 Å². The highest BCUT2D eigenvalue weighted by Crippen LogP contribution is 2.37. The second-order valence-electron chi connectivity index (χ2n) is 9.40. The molecule has 1 aromatic carbocycles. The van der Waals surface area contributed by atoms with Gasteiger partial charge in [0.2, 0.25) is 0 Å². The smallest absolute Gasteiger partial charge is 0.178 e. The first-order valence-electron chi connectivity index (χ1n) is 12.9. The maximum atomic E-state index is 10.2. The first-order valence-corrected chi connectivity index (χ1v) is 12.9. The minimum atomic E-state index is -0.832. The van der Waals surface area contributed by atoms with Crippen molar-refractivity contribution in [2.45, 2.75) is 97.2 Å². The molecule has 0 aliphatic heterocycles. The van der Waals surface area contributed by atoms with E-state index in [2.05, 4.69) is 56.5 Å². The van der Waals surface area contributed by atoms with E-state index in [-0.39, 0.29) is 0 Å². The molecule has 1 aliphatic carbocycles. The summed E-state index contributed by atoms with van der Waals surface area (Å²) in [5, 5.41) is 10.2. The van der Waals surface area contributed by atoms with E-state index in [1.165, 1.54) is 68.9 Å². The van der Waals surface area contributed by atoms with Crippen LogP contribution in [0.25, 0.3) is 0 Å². The molecule has 1 saturated carbocycles. The summed E-state index contributed by atoms with van der Waals surface area (Å²) in [6.45, 7) is 13.8. The van der Waals surface area contributed by atoms with Crippen molar-refractivity contribution in [2.24, 2.45) is 5.92 Å². The highest BCUT2D eigenvalue weighted by molar-refractivity contribution is 5.26. The van der Waals surface area contributed by atoms with Crippen LogP contribution in [0.4, 0.5) is 0 Å². The van der Waals surface area contributed by atoms with E-state index in [9.17, 15) is 5.11 Å². The summed E-state index contributed by atoms with van der Waals surface area (Å²) in [6.07, 6.45) is 11.8. The molecule has 3 heteroatoms. The lowest BCUT2D eigenvalue weighted by molar-refractivity contribution is -0.0767. The molecule has 176 valence electrons. The molecule has 31 heavy (non-hydrogen) atoms. The highest BCUT2D eigenvalue weighted by Gasteiger charge is 2.22. The molecular weight excluding hydrogens is 382 g/mol. The van der Waals surface area contributed by atoms with Gasteiger partial charge in [0.25, 0.3) is 0 Å². The number of aliphatic hydroxyl groups excluding tert-OH is 1. The Hall–Kier alpha value is -1.16. The van der Waals surface area contributed by atoms with Crippen LogP contribution in [0.3, 0.4) is 0 Å². The predicted octanol–water partition coefficient (Wildman–Crippen LogP) is 6.71. The average Bonchev–Trinajstić information content (AvgIpc) is 2.81. The van der Waals surface area contributed by atoms with Gasteiger partial charge in [0.1, 0.15) is 0 Å². The molecule has 0 aromatic heterocycles. The Balaban J connectivity index is 1.61. The van der Waals surface area contributed by atoms with E-state index in [1.807, 2.05) is 0 Å². The van der Waals surface area contributed by atoms with Crippen molar-refractivity contribution in [1.82, 2.24) is 4.90 Å². The monoisotopic (exact) mass is 429 g/mol. The third-order valence-corrected chi connectivity index (χ3v) is 7.07. The number of hydrogen-bond donors (Lipinski definition) is 1. The molecule has 1 atom stereocenters. The van der Waals surface area contributed by atoms with Crippen LogP contribution >= 0.6 is 0 Å². The average molecular weight is 430 g/mol. The Labute approximate surface area is 191 Å². The van der Waals surface area contributed by atoms with Crippen LogP contribution in [-0.4, -0.2) is 42.5 Å². The van der Waals surface area contributed by atoms with E-state index < -0.39 is 6.29 Å². The molecule has 0 unspecified atom stereocenters. The fourth-order valence-electron chi connectivity index (χ4n) is 4.82. The summed E-state index contributed by atoms with van der Waals surface area (Å²) in [7, 11) is 0. The third kappa shape index (κ3) is 9.47. The van der Waals surface area contributed by atoms with Crippen LogP contribution in [0.1, 0.15) is 95.6 Å². The van der Waals surface area contributed by atoms with Crippen molar-refractivity contribution in [3.63, 3.8) is 0 Å². The van der Waals surface area contributed by atoms with Crippen molar-refractivity contribution in [1.29, 1.82) is 0 Å². The van der Waals surface area contributed by atoms with Gasteiger partial charge in [-0.3, -0.25) is 4.90 Å². The molecule has 1 aliphatic rings. The second kappa shape index (κ2) is 14.8. The fraction of sp³-hybridized carbons (Fsp3) is 0.714. The second-order valence-corrected chi connectivity index (χ2v) is 9.40. The standard InChI is InChI=1S/C28H47NO2/c1-5-8-9-11-24-13-17-26(18-14-24)27-19-15-25(16-20-27)12-10-21-31-28(30)23(4)22-29(6-2)7-3/h13-14,17-18,25,27-28,30H,4-12,15-16,19-22H2,1-3H3/t25?,27?,28-/m1/s1. The zero-order valence-electron chi connectivity index (χ0n) is 20.5. The van der Waals surface area contributed by atoms with Crippen LogP contribution in [0, 0.1) is 5.92 Å². The molecular formula is C28H47NO2. The molecule has 0 amide bonds. The van der Waals surface area contributed by atoms with Gasteiger partial charge in [-0.2, -0.15) is 0 Å². The quantitative estimate of drug-likeness (QED) is 0.191. The van der Waals surface area contributed by atoms with Crippen LogP contribution in [-0.2, 0) is 11.2 Å². The van der Waals surface area contributed by atoms with Crippen molar-refractivity contribution >= 4 is 0 Å². The summed E-state index contributed by atoms with van der Waals surface area (Å²) < 4.78 is 5.65. The van der Waals surface area contributed by atoms with Crippen molar-refractivity contribution in [2.75, 3.05) is 26.2 Å². The zero-order valence-corrected chi connectivity index (χ0v) is 20.5. The third-order valence-electron chi connectivity index (χ3n) is 7.07. The number of likely N-dealkylation sites (N-methyl/N-ethyl adjacent to an activating group) is 1. The van der Waals surface area contributed by atoms with Crippen LogP contribution in [0.5, 0.6) is 0 Å². The normalized spacial score (nSPS) is 20.2. The first kappa shape index (κ1) is 26.1. The van der Waals surface area contributed by atoms with Crippen molar-refractivity contribution < 1.29 is 9.84 Å². The van der Waals surface area contributed by atoms with E-state index >= 15 is 0 Å². The van der Waals surface area contributed by atoms with Crippen molar-refractivity contribution in [3.8, 4) is 0 Å². The van der Waals surface area contributed by atoms with Gasteiger partial charge < -0.3 is 9.84 Å². The molecule has 2 rings (SSSR count). The number of aryl methyl sites for hydroxylation is 1. The Morgan fingerprint density at radius 2 is 1.71 bits per heavy atom. The van der Waals surface area contributed by atoms with E-state index in [0.29, 0.717) is 13.2 Å².